The molecule has 2 atom stereocenters. The van der Waals surface area contributed by atoms with Crippen LogP contribution in [0, 0.1) is 28.1 Å². The Morgan fingerprint density at radius 1 is 1.13 bits per heavy atom. The lowest BCUT2D eigenvalue weighted by Gasteiger charge is -2.29. The van der Waals surface area contributed by atoms with Gasteiger partial charge in [0.05, 0.1) is 35.4 Å². The molecular weight excluding hydrogens is 472 g/mol. The molecule has 0 radical (unpaired) electrons. The van der Waals surface area contributed by atoms with Crippen molar-refractivity contribution in [1.29, 1.82) is 10.5 Å². The number of nitriles is 2. The Hall–Kier alpha value is -4.27. The van der Waals surface area contributed by atoms with Crippen LogP contribution in [0.4, 0.5) is 11.4 Å². The van der Waals surface area contributed by atoms with E-state index in [4.69, 9.17) is 0 Å². The van der Waals surface area contributed by atoms with Gasteiger partial charge < -0.3 is 16.1 Å². The standard InChI is InChI=1S/C30H32N8/c1-30(2)12-6-9-26(30)35-28-21(16-32)17-33-27-20(15-31)13-22(14-24(27)28)34-29(19-7-4-3-5-8-19)25-18-38(37-36-25)23-10-11-23/h3-5,7-8,13-14,17-18,23,26,29,34,36-37H,6,9-12H2,1-2H3,(H,33,35)/t26?,29-/m1/s1/i29D. The van der Waals surface area contributed by atoms with Gasteiger partial charge in [-0.15, -0.1) is 5.53 Å². The van der Waals surface area contributed by atoms with Crippen molar-refractivity contribution in [2.45, 2.75) is 64.1 Å². The van der Waals surface area contributed by atoms with E-state index >= 15 is 0 Å². The van der Waals surface area contributed by atoms with Crippen molar-refractivity contribution in [2.75, 3.05) is 10.6 Å². The third-order valence-electron chi connectivity index (χ3n) is 7.92. The minimum Gasteiger partial charge on any atom is -0.380 e. The zero-order chi connectivity index (χ0) is 27.2. The molecule has 3 aromatic rings. The molecule has 2 saturated carbocycles. The van der Waals surface area contributed by atoms with Crippen LogP contribution in [-0.4, -0.2) is 22.1 Å². The van der Waals surface area contributed by atoms with Crippen LogP contribution in [0.2, 0.25) is 0 Å². The molecule has 1 aliphatic heterocycles. The van der Waals surface area contributed by atoms with Crippen LogP contribution in [0.3, 0.4) is 0 Å². The molecule has 8 heteroatoms. The summed E-state index contributed by atoms with van der Waals surface area (Å²) in [6.07, 6.45) is 8.96. The molecular formula is C30H32N8. The second kappa shape index (κ2) is 9.55. The van der Waals surface area contributed by atoms with Crippen LogP contribution in [0.25, 0.3) is 10.9 Å². The van der Waals surface area contributed by atoms with E-state index in [-0.39, 0.29) is 11.5 Å². The molecule has 6 rings (SSSR count). The Kier molecular flexibility index (Phi) is 5.76. The monoisotopic (exact) mass is 505 g/mol. The van der Waals surface area contributed by atoms with Crippen molar-refractivity contribution in [3.05, 3.63) is 77.2 Å². The molecule has 2 fully saturated rings. The van der Waals surface area contributed by atoms with Crippen molar-refractivity contribution in [2.24, 2.45) is 5.41 Å². The minimum atomic E-state index is -1.38. The summed E-state index contributed by atoms with van der Waals surface area (Å²) < 4.78 is 9.67. The smallest absolute Gasteiger partial charge is 0.103 e. The highest BCUT2D eigenvalue weighted by atomic mass is 15.7. The predicted octanol–water partition coefficient (Wildman–Crippen LogP) is 5.45. The Labute approximate surface area is 224 Å². The van der Waals surface area contributed by atoms with E-state index in [0.29, 0.717) is 45.1 Å². The van der Waals surface area contributed by atoms with Crippen LogP contribution in [0.5, 0.6) is 0 Å². The average molecular weight is 506 g/mol. The van der Waals surface area contributed by atoms with Crippen molar-refractivity contribution in [3.8, 4) is 12.1 Å². The zero-order valence-electron chi connectivity index (χ0n) is 22.7. The molecule has 192 valence electrons. The normalized spacial score (nSPS) is 22.0. The summed E-state index contributed by atoms with van der Waals surface area (Å²) in [4.78, 5) is 4.50. The molecule has 0 amide bonds. The van der Waals surface area contributed by atoms with E-state index in [1.807, 2.05) is 47.6 Å². The highest BCUT2D eigenvalue weighted by Gasteiger charge is 2.35. The number of pyridine rings is 1. The van der Waals surface area contributed by atoms with Crippen molar-refractivity contribution in [1.82, 2.24) is 21.0 Å². The molecule has 4 N–H and O–H groups in total. The molecule has 0 spiro atoms. The number of hydrogen-bond acceptors (Lipinski definition) is 8. The van der Waals surface area contributed by atoms with E-state index in [1.165, 1.54) is 0 Å². The Bertz CT molecular complexity index is 1530. The lowest BCUT2D eigenvalue weighted by molar-refractivity contribution is 0.260. The quantitative estimate of drug-likeness (QED) is 0.335. The lowest BCUT2D eigenvalue weighted by Crippen LogP contribution is -2.38. The Morgan fingerprint density at radius 2 is 1.92 bits per heavy atom. The first kappa shape index (κ1) is 22.9. The molecule has 2 heterocycles. The number of nitrogens with zero attached hydrogens (tertiary/aromatic N) is 4. The van der Waals surface area contributed by atoms with Crippen LogP contribution in [0.15, 0.2) is 60.6 Å². The molecule has 1 aromatic heterocycles. The number of aromatic nitrogens is 1. The maximum Gasteiger partial charge on any atom is 0.103 e. The van der Waals surface area contributed by atoms with Crippen molar-refractivity contribution in [3.63, 3.8) is 0 Å². The van der Waals surface area contributed by atoms with Crippen LogP contribution in [0.1, 0.15) is 70.0 Å². The van der Waals surface area contributed by atoms with Gasteiger partial charge in [0.15, 0.2) is 0 Å². The molecule has 1 unspecified atom stereocenters. The number of benzene rings is 2. The number of hydrazine groups is 2. The van der Waals surface area contributed by atoms with Gasteiger partial charge in [-0.3, -0.25) is 9.99 Å². The molecule has 0 saturated heterocycles. The summed E-state index contributed by atoms with van der Waals surface area (Å²) >= 11 is 0. The number of nitrogens with one attached hydrogen (secondary N) is 4. The molecule has 38 heavy (non-hydrogen) atoms. The van der Waals surface area contributed by atoms with Crippen molar-refractivity contribution < 1.29 is 1.37 Å². The summed E-state index contributed by atoms with van der Waals surface area (Å²) in [6.45, 7) is 4.49. The van der Waals surface area contributed by atoms with Gasteiger partial charge in [-0.2, -0.15) is 10.5 Å². The maximum atomic E-state index is 10.1. The summed E-state index contributed by atoms with van der Waals surface area (Å²) in [6, 6.07) is 17.0. The van der Waals surface area contributed by atoms with Gasteiger partial charge in [0.2, 0.25) is 0 Å². The topological polar surface area (TPSA) is 112 Å². The Balaban J connectivity index is 1.46. The van der Waals surface area contributed by atoms with Crippen LogP contribution in [-0.2, 0) is 0 Å². The average Bonchev–Trinajstić information content (AvgIpc) is 3.57. The highest BCUT2D eigenvalue weighted by Crippen LogP contribution is 2.41. The largest absolute Gasteiger partial charge is 0.380 e. The fourth-order valence-corrected chi connectivity index (χ4v) is 5.52. The lowest BCUT2D eigenvalue weighted by atomic mass is 9.87. The summed E-state index contributed by atoms with van der Waals surface area (Å²) in [5.74, 6) is 0. The van der Waals surface area contributed by atoms with Crippen LogP contribution >= 0.6 is 0 Å². The molecule has 8 nitrogen and oxygen atoms in total. The summed E-state index contributed by atoms with van der Waals surface area (Å²) in [5, 5.41) is 29.8. The first-order valence-corrected chi connectivity index (χ1v) is 13.2. The van der Waals surface area contributed by atoms with E-state index < -0.39 is 6.02 Å². The SMILES string of the molecule is [2H][C@](Nc1cc(C#N)c2ncc(C#N)c(NC3CCCC3(C)C)c2c1)(C1=CN(C2CC2)NN1)c1ccccc1. The van der Waals surface area contributed by atoms with Gasteiger partial charge in [0.25, 0.3) is 0 Å². The maximum absolute atomic E-state index is 10.1. The number of hydrogen-bond donors (Lipinski definition) is 4. The van der Waals surface area contributed by atoms with Gasteiger partial charge in [-0.25, -0.2) is 0 Å². The van der Waals surface area contributed by atoms with Gasteiger partial charge in [0.1, 0.15) is 12.1 Å². The second-order valence-corrected chi connectivity index (χ2v) is 11.1. The number of fused-ring (bicyclic) bond motifs is 1. The van der Waals surface area contributed by atoms with Gasteiger partial charge in [0, 0.05) is 35.6 Å². The Morgan fingerprint density at radius 3 is 2.61 bits per heavy atom. The van der Waals surface area contributed by atoms with Gasteiger partial charge in [-0.05, 0) is 48.8 Å². The van der Waals surface area contributed by atoms with E-state index in [1.54, 1.807) is 12.3 Å². The first-order chi connectivity index (χ1) is 18.8. The molecule has 3 aliphatic rings. The first-order valence-electron chi connectivity index (χ1n) is 13.7. The second-order valence-electron chi connectivity index (χ2n) is 11.1. The van der Waals surface area contributed by atoms with E-state index in [2.05, 4.69) is 52.6 Å². The molecule has 0 bridgehead atoms. The zero-order valence-corrected chi connectivity index (χ0v) is 21.7. The number of anilines is 2. The fourth-order valence-electron chi connectivity index (χ4n) is 5.52. The van der Waals surface area contributed by atoms with Crippen LogP contribution < -0.4 is 21.6 Å². The molecule has 2 aromatic carbocycles. The van der Waals surface area contributed by atoms with Gasteiger partial charge >= 0.3 is 0 Å². The third kappa shape index (κ3) is 4.49. The minimum absolute atomic E-state index is 0.0843. The van der Waals surface area contributed by atoms with Crippen molar-refractivity contribution >= 4 is 22.3 Å². The summed E-state index contributed by atoms with van der Waals surface area (Å²) in [5.41, 5.74) is 10.5. The predicted molar refractivity (Wildman–Crippen MR) is 148 cm³/mol. The van der Waals surface area contributed by atoms with E-state index in [9.17, 15) is 11.9 Å². The highest BCUT2D eigenvalue weighted by molar-refractivity contribution is 5.99. The fraction of sp³-hybridized carbons (Fsp3) is 0.367. The van der Waals surface area contributed by atoms with Gasteiger partial charge in [-0.1, -0.05) is 50.6 Å². The summed E-state index contributed by atoms with van der Waals surface area (Å²) in [7, 11) is 0. The number of rotatable bonds is 7. The van der Waals surface area contributed by atoms with E-state index in [0.717, 1.165) is 37.7 Å². The molecule has 2 aliphatic carbocycles. The third-order valence-corrected chi connectivity index (χ3v) is 7.92.